The summed E-state index contributed by atoms with van der Waals surface area (Å²) < 4.78 is 36.1. The predicted octanol–water partition coefficient (Wildman–Crippen LogP) is 3.19. The van der Waals surface area contributed by atoms with Crippen LogP contribution in [-0.2, 0) is 16.1 Å². The van der Waals surface area contributed by atoms with Crippen LogP contribution in [0.4, 0.5) is 8.78 Å². The molecule has 192 valence electrons. The van der Waals surface area contributed by atoms with Crippen molar-refractivity contribution in [1.82, 2.24) is 15.2 Å². The molecule has 2 aromatic rings. The van der Waals surface area contributed by atoms with Crippen molar-refractivity contribution in [2.24, 2.45) is 5.92 Å². The van der Waals surface area contributed by atoms with E-state index in [1.807, 2.05) is 0 Å². The topological polar surface area (TPSA) is 118 Å². The SMILES string of the molecule is CC(=O)N1CC(c2ccc(OC(F)F)c(OCC3CC3)c2)C[C@@H]1C(=O)NCc1cccc(C(=O)O)n1. The molecule has 4 rings (SSSR count). The normalized spacial score (nSPS) is 19.3. The summed E-state index contributed by atoms with van der Waals surface area (Å²) in [7, 11) is 0. The molecule has 0 spiro atoms. The van der Waals surface area contributed by atoms with Gasteiger partial charge in [-0.2, -0.15) is 8.78 Å². The Morgan fingerprint density at radius 3 is 2.64 bits per heavy atom. The van der Waals surface area contributed by atoms with E-state index in [-0.39, 0.29) is 42.1 Å². The second-order valence-electron chi connectivity index (χ2n) is 9.00. The van der Waals surface area contributed by atoms with Crippen LogP contribution in [0.25, 0.3) is 0 Å². The Morgan fingerprint density at radius 1 is 1.19 bits per heavy atom. The summed E-state index contributed by atoms with van der Waals surface area (Å²) in [5.41, 5.74) is 0.992. The molecule has 1 aliphatic heterocycles. The van der Waals surface area contributed by atoms with Crippen LogP contribution in [0.15, 0.2) is 36.4 Å². The molecule has 0 radical (unpaired) electrons. The van der Waals surface area contributed by atoms with Gasteiger partial charge in [0.25, 0.3) is 0 Å². The molecule has 2 heterocycles. The van der Waals surface area contributed by atoms with Crippen LogP contribution in [0.3, 0.4) is 0 Å². The van der Waals surface area contributed by atoms with E-state index in [4.69, 9.17) is 9.84 Å². The first-order chi connectivity index (χ1) is 17.2. The van der Waals surface area contributed by atoms with Crippen molar-refractivity contribution in [2.75, 3.05) is 13.2 Å². The number of ether oxygens (including phenoxy) is 2. The molecule has 1 saturated heterocycles. The number of alkyl halides is 2. The number of aromatic carboxylic acids is 1. The minimum Gasteiger partial charge on any atom is -0.489 e. The van der Waals surface area contributed by atoms with E-state index in [0.29, 0.717) is 24.6 Å². The summed E-state index contributed by atoms with van der Waals surface area (Å²) >= 11 is 0. The summed E-state index contributed by atoms with van der Waals surface area (Å²) in [4.78, 5) is 41.8. The maximum atomic E-state index is 13.0. The van der Waals surface area contributed by atoms with Gasteiger partial charge in [-0.05, 0) is 55.0 Å². The average molecular weight is 504 g/mol. The van der Waals surface area contributed by atoms with Gasteiger partial charge in [-0.15, -0.1) is 0 Å². The number of nitrogens with zero attached hydrogens (tertiary/aromatic N) is 2. The Bertz CT molecular complexity index is 1140. The average Bonchev–Trinajstić information content (AvgIpc) is 3.56. The van der Waals surface area contributed by atoms with E-state index in [1.54, 1.807) is 18.2 Å². The molecular weight excluding hydrogens is 476 g/mol. The highest BCUT2D eigenvalue weighted by atomic mass is 19.3. The molecule has 2 N–H and O–H groups in total. The van der Waals surface area contributed by atoms with Gasteiger partial charge in [0, 0.05) is 19.4 Å². The van der Waals surface area contributed by atoms with Gasteiger partial charge in [0.15, 0.2) is 11.5 Å². The minimum atomic E-state index is -2.99. The van der Waals surface area contributed by atoms with Gasteiger partial charge in [-0.3, -0.25) is 9.59 Å². The van der Waals surface area contributed by atoms with Gasteiger partial charge in [0.05, 0.1) is 18.8 Å². The van der Waals surface area contributed by atoms with Crippen LogP contribution in [-0.4, -0.2) is 58.6 Å². The number of carboxylic acids is 1. The molecule has 1 aliphatic carbocycles. The van der Waals surface area contributed by atoms with Crippen molar-refractivity contribution in [3.63, 3.8) is 0 Å². The fraction of sp³-hybridized carbons (Fsp3) is 0.440. The van der Waals surface area contributed by atoms with E-state index in [0.717, 1.165) is 18.4 Å². The largest absolute Gasteiger partial charge is 0.489 e. The Morgan fingerprint density at radius 2 is 1.97 bits per heavy atom. The second-order valence-corrected chi connectivity index (χ2v) is 9.00. The third-order valence-corrected chi connectivity index (χ3v) is 6.30. The Balaban J connectivity index is 1.47. The summed E-state index contributed by atoms with van der Waals surface area (Å²) in [6.45, 7) is -0.916. The molecule has 1 unspecified atom stereocenters. The second kappa shape index (κ2) is 10.9. The number of carbonyl (C=O) groups is 3. The van der Waals surface area contributed by atoms with E-state index in [2.05, 4.69) is 15.0 Å². The predicted molar refractivity (Wildman–Crippen MR) is 123 cm³/mol. The van der Waals surface area contributed by atoms with Crippen LogP contribution in [0.1, 0.15) is 53.8 Å². The zero-order chi connectivity index (χ0) is 25.8. The van der Waals surface area contributed by atoms with E-state index >= 15 is 0 Å². The van der Waals surface area contributed by atoms with E-state index in [1.165, 1.54) is 30.0 Å². The Kier molecular flexibility index (Phi) is 7.66. The molecule has 1 aromatic carbocycles. The molecule has 36 heavy (non-hydrogen) atoms. The van der Waals surface area contributed by atoms with Crippen LogP contribution in [0.2, 0.25) is 0 Å². The van der Waals surface area contributed by atoms with Gasteiger partial charge in [0.2, 0.25) is 11.8 Å². The molecule has 2 fully saturated rings. The quantitative estimate of drug-likeness (QED) is 0.511. The first-order valence-corrected chi connectivity index (χ1v) is 11.7. The lowest BCUT2D eigenvalue weighted by Crippen LogP contribution is -2.45. The monoisotopic (exact) mass is 503 g/mol. The first kappa shape index (κ1) is 25.3. The maximum absolute atomic E-state index is 13.0. The van der Waals surface area contributed by atoms with Crippen molar-refractivity contribution < 1.29 is 37.7 Å². The number of rotatable bonds is 10. The molecule has 2 atom stereocenters. The number of aromatic nitrogens is 1. The lowest BCUT2D eigenvalue weighted by atomic mass is 9.95. The van der Waals surface area contributed by atoms with Crippen molar-refractivity contribution in [1.29, 1.82) is 0 Å². The van der Waals surface area contributed by atoms with Crippen molar-refractivity contribution in [3.8, 4) is 11.5 Å². The standard InChI is InChI=1S/C25H27F2N3O6/c1-14(31)30-12-17(9-20(30)23(32)28-11-18-3-2-4-19(29-18)24(33)34)16-7-8-21(36-25(26)27)22(10-16)35-13-15-5-6-15/h2-4,7-8,10,15,17,20,25H,5-6,9,11-13H2,1H3,(H,28,32)(H,33,34)/t17?,20-/m1/s1. The maximum Gasteiger partial charge on any atom is 0.387 e. The van der Waals surface area contributed by atoms with Crippen molar-refractivity contribution >= 4 is 17.8 Å². The first-order valence-electron chi connectivity index (χ1n) is 11.7. The molecule has 2 aliphatic rings. The fourth-order valence-corrected chi connectivity index (χ4v) is 4.24. The highest BCUT2D eigenvalue weighted by Gasteiger charge is 2.39. The zero-order valence-electron chi connectivity index (χ0n) is 19.7. The minimum absolute atomic E-state index is 0.00564. The molecule has 1 saturated carbocycles. The number of pyridine rings is 1. The molecular formula is C25H27F2N3O6. The molecule has 2 amide bonds. The third kappa shape index (κ3) is 6.27. The highest BCUT2D eigenvalue weighted by molar-refractivity contribution is 5.88. The lowest BCUT2D eigenvalue weighted by molar-refractivity contribution is -0.136. The molecule has 1 aromatic heterocycles. The van der Waals surface area contributed by atoms with Crippen LogP contribution >= 0.6 is 0 Å². The smallest absolute Gasteiger partial charge is 0.387 e. The number of nitrogens with one attached hydrogen (secondary N) is 1. The van der Waals surface area contributed by atoms with Gasteiger partial charge in [0.1, 0.15) is 11.7 Å². The van der Waals surface area contributed by atoms with Crippen LogP contribution in [0, 0.1) is 5.92 Å². The van der Waals surface area contributed by atoms with Gasteiger partial charge < -0.3 is 24.8 Å². The molecule has 0 bridgehead atoms. The van der Waals surface area contributed by atoms with Crippen molar-refractivity contribution in [3.05, 3.63) is 53.3 Å². The van der Waals surface area contributed by atoms with Gasteiger partial charge in [-0.25, -0.2) is 9.78 Å². The molecule has 11 heteroatoms. The summed E-state index contributed by atoms with van der Waals surface area (Å²) in [6.07, 6.45) is 2.40. The number of carboxylic acid groups (broad SMARTS) is 1. The Hall–Kier alpha value is -3.76. The molecule has 9 nitrogen and oxygen atoms in total. The number of halogens is 2. The summed E-state index contributed by atoms with van der Waals surface area (Å²) in [6, 6.07) is 8.46. The number of likely N-dealkylation sites (tertiary alicyclic amines) is 1. The number of amides is 2. The number of benzene rings is 1. The van der Waals surface area contributed by atoms with Gasteiger partial charge >= 0.3 is 12.6 Å². The van der Waals surface area contributed by atoms with Crippen LogP contribution < -0.4 is 14.8 Å². The van der Waals surface area contributed by atoms with E-state index < -0.39 is 24.5 Å². The zero-order valence-corrected chi connectivity index (χ0v) is 19.7. The van der Waals surface area contributed by atoms with E-state index in [9.17, 15) is 23.2 Å². The summed E-state index contributed by atoms with van der Waals surface area (Å²) in [5, 5.41) is 11.8. The number of hydrogen-bond acceptors (Lipinski definition) is 6. The van der Waals surface area contributed by atoms with Crippen LogP contribution in [0.5, 0.6) is 11.5 Å². The Labute approximate surface area is 206 Å². The fourth-order valence-electron chi connectivity index (χ4n) is 4.24. The van der Waals surface area contributed by atoms with Gasteiger partial charge in [-0.1, -0.05) is 12.1 Å². The third-order valence-electron chi connectivity index (χ3n) is 6.30. The number of hydrogen-bond donors (Lipinski definition) is 2. The summed E-state index contributed by atoms with van der Waals surface area (Å²) in [5.74, 6) is -1.49. The van der Waals surface area contributed by atoms with Crippen molar-refractivity contribution in [2.45, 2.75) is 51.3 Å². The number of carbonyl (C=O) groups excluding carboxylic acids is 2. The highest BCUT2D eigenvalue weighted by Crippen LogP contribution is 2.39. The lowest BCUT2D eigenvalue weighted by Gasteiger charge is -2.22.